The normalized spacial score (nSPS) is 25.2. The van der Waals surface area contributed by atoms with Crippen LogP contribution in [0.4, 0.5) is 0 Å². The number of ether oxygens (including phenoxy) is 2. The van der Waals surface area contributed by atoms with Gasteiger partial charge < -0.3 is 19.4 Å². The molecule has 1 amide bonds. The molecule has 3 atom stereocenters. The molecule has 144 valence electrons. The Bertz CT molecular complexity index is 923. The Kier molecular flexibility index (Phi) is 4.97. The van der Waals surface area contributed by atoms with Crippen LogP contribution in [0.15, 0.2) is 23.1 Å². The number of carbonyl (C=O) groups is 1. The van der Waals surface area contributed by atoms with E-state index in [0.717, 1.165) is 18.5 Å². The number of amides is 1. The van der Waals surface area contributed by atoms with Crippen LogP contribution in [0, 0.1) is 6.92 Å². The molecule has 2 aliphatic rings. The number of rotatable bonds is 3. The van der Waals surface area contributed by atoms with Crippen LogP contribution in [0.3, 0.4) is 0 Å². The largest absolute Gasteiger partial charge is 0.373 e. The van der Waals surface area contributed by atoms with Crippen LogP contribution in [0.2, 0.25) is 0 Å². The van der Waals surface area contributed by atoms with Gasteiger partial charge in [0.15, 0.2) is 0 Å². The summed E-state index contributed by atoms with van der Waals surface area (Å²) in [5, 5.41) is 3.50. The molecule has 2 fully saturated rings. The van der Waals surface area contributed by atoms with E-state index in [-0.39, 0.29) is 35.1 Å². The minimum atomic E-state index is -0.329. The van der Waals surface area contributed by atoms with E-state index in [1.807, 2.05) is 18.4 Å². The smallest absolute Gasteiger partial charge is 0.256 e. The van der Waals surface area contributed by atoms with E-state index in [9.17, 15) is 9.59 Å². The number of hydrogen-bond acceptors (Lipinski definition) is 5. The molecule has 2 aromatic rings. The topological polar surface area (TPSA) is 82.5 Å². The molecule has 0 radical (unpaired) electrons. The number of nitrogens with one attached hydrogen (secondary N) is 1. The fraction of sp³-hybridized carbons (Fsp3) is 0.550. The highest BCUT2D eigenvalue weighted by Crippen LogP contribution is 2.27. The van der Waals surface area contributed by atoms with Gasteiger partial charge in [0.1, 0.15) is 11.2 Å². The number of hydrogen-bond donors (Lipinski definition) is 1. The first-order chi connectivity index (χ1) is 13.1. The molecule has 0 spiro atoms. The van der Waals surface area contributed by atoms with E-state index in [2.05, 4.69) is 10.3 Å². The fourth-order valence-electron chi connectivity index (χ4n) is 4.02. The summed E-state index contributed by atoms with van der Waals surface area (Å²) >= 11 is 0. The van der Waals surface area contributed by atoms with Gasteiger partial charge in [-0.1, -0.05) is 0 Å². The van der Waals surface area contributed by atoms with E-state index in [1.54, 1.807) is 18.3 Å². The van der Waals surface area contributed by atoms with Crippen LogP contribution < -0.4 is 10.7 Å². The maximum Gasteiger partial charge on any atom is 0.256 e. The molecular formula is C20H25N3O4. The van der Waals surface area contributed by atoms with Crippen LogP contribution in [-0.2, 0) is 16.0 Å². The van der Waals surface area contributed by atoms with Crippen molar-refractivity contribution in [2.24, 2.45) is 0 Å². The summed E-state index contributed by atoms with van der Waals surface area (Å²) in [6, 6.07) is 3.54. The maximum absolute atomic E-state index is 12.9. The summed E-state index contributed by atoms with van der Waals surface area (Å²) in [5.41, 5.74) is 1.35. The van der Waals surface area contributed by atoms with Gasteiger partial charge in [-0.2, -0.15) is 0 Å². The van der Waals surface area contributed by atoms with E-state index in [1.165, 1.54) is 0 Å². The Morgan fingerprint density at radius 3 is 2.81 bits per heavy atom. The van der Waals surface area contributed by atoms with Gasteiger partial charge in [0.05, 0.1) is 30.8 Å². The van der Waals surface area contributed by atoms with Gasteiger partial charge >= 0.3 is 0 Å². The number of aromatic nitrogens is 2. The van der Waals surface area contributed by atoms with Gasteiger partial charge in [-0.25, -0.2) is 4.98 Å². The van der Waals surface area contributed by atoms with E-state index in [4.69, 9.17) is 9.47 Å². The number of carbonyl (C=O) groups excluding carboxylic acids is 1. The van der Waals surface area contributed by atoms with Gasteiger partial charge in [0.25, 0.3) is 5.91 Å². The highest BCUT2D eigenvalue weighted by atomic mass is 16.6. The second-order valence-electron chi connectivity index (χ2n) is 7.28. The SMILES string of the molecule is CCn1cc(C(=O)NC2CCC3OCCOC3C2)c(=O)c2ccc(C)nc21. The van der Waals surface area contributed by atoms with E-state index in [0.29, 0.717) is 37.2 Å². The Labute approximate surface area is 157 Å². The summed E-state index contributed by atoms with van der Waals surface area (Å²) in [4.78, 5) is 30.2. The monoisotopic (exact) mass is 371 g/mol. The van der Waals surface area contributed by atoms with Crippen molar-refractivity contribution in [3.63, 3.8) is 0 Å². The third kappa shape index (κ3) is 3.49. The molecule has 1 saturated heterocycles. The lowest BCUT2D eigenvalue weighted by Crippen LogP contribution is -2.49. The summed E-state index contributed by atoms with van der Waals surface area (Å²) < 4.78 is 13.4. The maximum atomic E-state index is 12.9. The molecule has 3 heterocycles. The Morgan fingerprint density at radius 1 is 1.26 bits per heavy atom. The van der Waals surface area contributed by atoms with Crippen molar-refractivity contribution in [2.75, 3.05) is 13.2 Å². The van der Waals surface area contributed by atoms with Crippen molar-refractivity contribution in [1.29, 1.82) is 0 Å². The molecule has 3 unspecified atom stereocenters. The lowest BCUT2D eigenvalue weighted by atomic mass is 9.89. The highest BCUT2D eigenvalue weighted by Gasteiger charge is 2.35. The van der Waals surface area contributed by atoms with Crippen molar-refractivity contribution in [1.82, 2.24) is 14.9 Å². The summed E-state index contributed by atoms with van der Waals surface area (Å²) in [6.45, 7) is 5.72. The van der Waals surface area contributed by atoms with Crippen molar-refractivity contribution in [3.05, 3.63) is 39.8 Å². The number of aryl methyl sites for hydroxylation is 2. The number of fused-ring (bicyclic) bond motifs is 2. The summed E-state index contributed by atoms with van der Waals surface area (Å²) in [6.07, 6.45) is 4.17. The second kappa shape index (κ2) is 7.40. The molecule has 1 N–H and O–H groups in total. The summed E-state index contributed by atoms with van der Waals surface area (Å²) in [7, 11) is 0. The molecule has 7 heteroatoms. The van der Waals surface area contributed by atoms with Gasteiger partial charge in [-0.15, -0.1) is 0 Å². The van der Waals surface area contributed by atoms with Crippen LogP contribution in [-0.4, -0.2) is 46.9 Å². The van der Waals surface area contributed by atoms with Crippen LogP contribution in [0.25, 0.3) is 11.0 Å². The Hall–Kier alpha value is -2.25. The Balaban J connectivity index is 1.58. The van der Waals surface area contributed by atoms with Crippen LogP contribution in [0.1, 0.15) is 42.2 Å². The van der Waals surface area contributed by atoms with Crippen molar-refractivity contribution in [3.8, 4) is 0 Å². The van der Waals surface area contributed by atoms with E-state index < -0.39 is 0 Å². The standard InChI is InChI=1S/C20H25N3O4/c1-3-23-11-15(18(24)14-6-4-12(2)21-19(14)23)20(25)22-13-5-7-16-17(10-13)27-9-8-26-16/h4,6,11,13,16-17H,3,5,7-10H2,1-2H3,(H,22,25). The summed E-state index contributed by atoms with van der Waals surface area (Å²) in [5.74, 6) is -0.329. The van der Waals surface area contributed by atoms with Gasteiger partial charge in [-0.3, -0.25) is 9.59 Å². The lowest BCUT2D eigenvalue weighted by molar-refractivity contribution is -0.157. The zero-order valence-electron chi connectivity index (χ0n) is 15.7. The van der Waals surface area contributed by atoms with Gasteiger partial charge in [-0.05, 0) is 45.2 Å². The molecule has 0 aromatic carbocycles. The van der Waals surface area contributed by atoms with Gasteiger partial charge in [0.2, 0.25) is 5.43 Å². The quantitative estimate of drug-likeness (QED) is 0.890. The molecule has 27 heavy (non-hydrogen) atoms. The van der Waals surface area contributed by atoms with Crippen molar-refractivity contribution < 1.29 is 14.3 Å². The molecule has 1 saturated carbocycles. The first kappa shape index (κ1) is 18.1. The molecule has 1 aliphatic carbocycles. The molecule has 0 bridgehead atoms. The first-order valence-corrected chi connectivity index (χ1v) is 9.61. The van der Waals surface area contributed by atoms with Crippen molar-refractivity contribution >= 4 is 16.9 Å². The minimum Gasteiger partial charge on any atom is -0.373 e. The third-order valence-electron chi connectivity index (χ3n) is 5.46. The highest BCUT2D eigenvalue weighted by molar-refractivity contribution is 5.97. The molecule has 7 nitrogen and oxygen atoms in total. The van der Waals surface area contributed by atoms with Gasteiger partial charge in [0, 0.05) is 24.5 Å². The van der Waals surface area contributed by atoms with Crippen molar-refractivity contribution in [2.45, 2.75) is 57.9 Å². The second-order valence-corrected chi connectivity index (χ2v) is 7.28. The minimum absolute atomic E-state index is 0.0123. The lowest BCUT2D eigenvalue weighted by Gasteiger charge is -2.39. The first-order valence-electron chi connectivity index (χ1n) is 9.61. The molecule has 2 aromatic heterocycles. The van der Waals surface area contributed by atoms with Crippen LogP contribution >= 0.6 is 0 Å². The predicted octanol–water partition coefficient (Wildman–Crippen LogP) is 1.79. The van der Waals surface area contributed by atoms with E-state index >= 15 is 0 Å². The zero-order chi connectivity index (χ0) is 19.0. The number of nitrogens with zero attached hydrogens (tertiary/aromatic N) is 2. The molecular weight excluding hydrogens is 346 g/mol. The fourth-order valence-corrected chi connectivity index (χ4v) is 4.02. The number of pyridine rings is 2. The molecule has 1 aliphatic heterocycles. The average Bonchev–Trinajstić information content (AvgIpc) is 2.68. The predicted molar refractivity (Wildman–Crippen MR) is 101 cm³/mol. The molecule has 4 rings (SSSR count). The average molecular weight is 371 g/mol. The zero-order valence-corrected chi connectivity index (χ0v) is 15.7. The third-order valence-corrected chi connectivity index (χ3v) is 5.46. The Morgan fingerprint density at radius 2 is 2.04 bits per heavy atom. The van der Waals surface area contributed by atoms with Crippen LogP contribution in [0.5, 0.6) is 0 Å².